The number of amides is 1. The third-order valence-corrected chi connectivity index (χ3v) is 4.04. The van der Waals surface area contributed by atoms with Crippen molar-refractivity contribution in [3.05, 3.63) is 71.4 Å². The quantitative estimate of drug-likeness (QED) is 0.792. The van der Waals surface area contributed by atoms with Crippen LogP contribution in [0.4, 0.5) is 8.78 Å². The summed E-state index contributed by atoms with van der Waals surface area (Å²) in [6.07, 6.45) is 1.91. The highest BCUT2D eigenvalue weighted by atomic mass is 19.1. The van der Waals surface area contributed by atoms with Gasteiger partial charge in [0.25, 0.3) is 0 Å². The van der Waals surface area contributed by atoms with E-state index in [0.29, 0.717) is 6.07 Å². The fourth-order valence-corrected chi connectivity index (χ4v) is 2.87. The Hall–Kier alpha value is -3.20. The Kier molecular flexibility index (Phi) is 4.48. The van der Waals surface area contributed by atoms with E-state index in [1.807, 2.05) is 48.1 Å². The molecule has 0 bridgehead atoms. The Morgan fingerprint density at radius 2 is 2.04 bits per heavy atom. The maximum Gasteiger partial charge on any atom is 0.225 e. The van der Waals surface area contributed by atoms with Gasteiger partial charge in [0, 0.05) is 35.8 Å². The first kappa shape index (κ1) is 16.7. The Labute approximate surface area is 143 Å². The highest BCUT2D eigenvalue weighted by molar-refractivity contribution is 5.89. The van der Waals surface area contributed by atoms with Crippen LogP contribution in [0.5, 0.6) is 0 Å². The van der Waals surface area contributed by atoms with E-state index in [4.69, 9.17) is 0 Å². The van der Waals surface area contributed by atoms with Crippen LogP contribution in [0.15, 0.2) is 48.7 Å². The second kappa shape index (κ2) is 6.73. The smallest absolute Gasteiger partial charge is 0.225 e. The largest absolute Gasteiger partial charge is 0.350 e. The molecule has 1 amide bonds. The summed E-state index contributed by atoms with van der Waals surface area (Å²) >= 11 is 0. The predicted molar refractivity (Wildman–Crippen MR) is 89.5 cm³/mol. The molecule has 1 heterocycles. The van der Waals surface area contributed by atoms with Crippen molar-refractivity contribution in [2.24, 2.45) is 7.05 Å². The van der Waals surface area contributed by atoms with Crippen molar-refractivity contribution >= 4 is 16.8 Å². The van der Waals surface area contributed by atoms with Gasteiger partial charge in [0.15, 0.2) is 0 Å². The normalized spacial score (nSPS) is 11.9. The van der Waals surface area contributed by atoms with Crippen molar-refractivity contribution in [2.45, 2.75) is 12.5 Å². The van der Waals surface area contributed by atoms with Crippen LogP contribution in [0.2, 0.25) is 0 Å². The van der Waals surface area contributed by atoms with Gasteiger partial charge in [0.1, 0.15) is 17.7 Å². The molecule has 0 radical (unpaired) electrons. The number of hydrogen-bond donors (Lipinski definition) is 1. The lowest BCUT2D eigenvalue weighted by Crippen LogP contribution is -2.29. The predicted octanol–water partition coefficient (Wildman–Crippen LogP) is 3.38. The van der Waals surface area contributed by atoms with Crippen LogP contribution in [-0.2, 0) is 18.3 Å². The SMILES string of the molecule is Cn1cc(CC(=O)NC(C#N)c2ccc(F)cc2F)c2ccccc21. The Morgan fingerprint density at radius 3 is 2.76 bits per heavy atom. The summed E-state index contributed by atoms with van der Waals surface area (Å²) in [4.78, 5) is 12.3. The number of rotatable bonds is 4. The maximum absolute atomic E-state index is 13.8. The number of aryl methyl sites for hydroxylation is 1. The van der Waals surface area contributed by atoms with Crippen molar-refractivity contribution in [1.82, 2.24) is 9.88 Å². The van der Waals surface area contributed by atoms with Gasteiger partial charge in [-0.15, -0.1) is 0 Å². The summed E-state index contributed by atoms with van der Waals surface area (Å²) in [5.74, 6) is -2.01. The van der Waals surface area contributed by atoms with Gasteiger partial charge >= 0.3 is 0 Å². The van der Waals surface area contributed by atoms with Crippen molar-refractivity contribution in [2.75, 3.05) is 0 Å². The molecule has 1 N–H and O–H groups in total. The van der Waals surface area contributed by atoms with Gasteiger partial charge in [-0.1, -0.05) is 24.3 Å². The number of nitriles is 1. The zero-order valence-corrected chi connectivity index (χ0v) is 13.5. The van der Waals surface area contributed by atoms with E-state index in [1.165, 1.54) is 0 Å². The minimum absolute atomic E-state index is 0.0579. The first-order chi connectivity index (χ1) is 12.0. The summed E-state index contributed by atoms with van der Waals surface area (Å²) in [5, 5.41) is 12.7. The molecule has 4 nitrogen and oxygen atoms in total. The van der Waals surface area contributed by atoms with E-state index >= 15 is 0 Å². The molecular weight excluding hydrogens is 324 g/mol. The van der Waals surface area contributed by atoms with Crippen LogP contribution >= 0.6 is 0 Å². The van der Waals surface area contributed by atoms with E-state index in [9.17, 15) is 18.8 Å². The van der Waals surface area contributed by atoms with Gasteiger partial charge in [0.2, 0.25) is 5.91 Å². The zero-order chi connectivity index (χ0) is 18.0. The van der Waals surface area contributed by atoms with Gasteiger partial charge in [0.05, 0.1) is 12.5 Å². The molecule has 3 rings (SSSR count). The zero-order valence-electron chi connectivity index (χ0n) is 13.5. The lowest BCUT2D eigenvalue weighted by atomic mass is 10.1. The summed E-state index contributed by atoms with van der Waals surface area (Å²) < 4.78 is 28.7. The fraction of sp³-hybridized carbons (Fsp3) is 0.158. The molecule has 1 atom stereocenters. The first-order valence-electron chi connectivity index (χ1n) is 7.66. The molecule has 6 heteroatoms. The Bertz CT molecular complexity index is 988. The summed E-state index contributed by atoms with van der Waals surface area (Å²) in [6, 6.07) is 11.2. The van der Waals surface area contributed by atoms with Crippen LogP contribution in [0.3, 0.4) is 0 Å². The van der Waals surface area contributed by atoms with Crippen LogP contribution < -0.4 is 5.32 Å². The van der Waals surface area contributed by atoms with Crippen LogP contribution in [0.1, 0.15) is 17.2 Å². The number of fused-ring (bicyclic) bond motifs is 1. The molecule has 25 heavy (non-hydrogen) atoms. The molecule has 3 aromatic rings. The van der Waals surface area contributed by atoms with Gasteiger partial charge < -0.3 is 9.88 Å². The third-order valence-electron chi connectivity index (χ3n) is 4.04. The highest BCUT2D eigenvalue weighted by Gasteiger charge is 2.19. The Morgan fingerprint density at radius 1 is 1.28 bits per heavy atom. The lowest BCUT2D eigenvalue weighted by molar-refractivity contribution is -0.120. The molecule has 0 fully saturated rings. The van der Waals surface area contributed by atoms with E-state index in [0.717, 1.165) is 28.6 Å². The second-order valence-electron chi connectivity index (χ2n) is 5.75. The van der Waals surface area contributed by atoms with Crippen molar-refractivity contribution in [3.8, 4) is 6.07 Å². The van der Waals surface area contributed by atoms with Crippen LogP contribution in [0, 0.1) is 23.0 Å². The topological polar surface area (TPSA) is 57.8 Å². The van der Waals surface area contributed by atoms with Crippen LogP contribution in [-0.4, -0.2) is 10.5 Å². The number of carbonyl (C=O) groups is 1. The molecule has 0 aliphatic carbocycles. The number of hydrogen-bond acceptors (Lipinski definition) is 2. The van der Waals surface area contributed by atoms with Gasteiger partial charge in [-0.2, -0.15) is 5.26 Å². The molecule has 0 aliphatic heterocycles. The van der Waals surface area contributed by atoms with Crippen LogP contribution in [0.25, 0.3) is 10.9 Å². The molecule has 1 aromatic heterocycles. The average molecular weight is 339 g/mol. The Balaban J connectivity index is 1.80. The molecule has 2 aromatic carbocycles. The molecule has 0 aliphatic rings. The number of halogens is 2. The number of benzene rings is 2. The molecular formula is C19H15F2N3O. The number of para-hydroxylation sites is 1. The minimum Gasteiger partial charge on any atom is -0.350 e. The third kappa shape index (κ3) is 3.36. The summed E-state index contributed by atoms with van der Waals surface area (Å²) in [5.41, 5.74) is 1.74. The maximum atomic E-state index is 13.8. The van der Waals surface area contributed by atoms with Gasteiger partial charge in [-0.05, 0) is 17.7 Å². The van der Waals surface area contributed by atoms with Crippen molar-refractivity contribution in [1.29, 1.82) is 5.26 Å². The molecule has 126 valence electrons. The number of nitrogens with one attached hydrogen (secondary N) is 1. The summed E-state index contributed by atoms with van der Waals surface area (Å²) in [7, 11) is 1.88. The highest BCUT2D eigenvalue weighted by Crippen LogP contribution is 2.22. The van der Waals surface area contributed by atoms with E-state index in [2.05, 4.69) is 5.32 Å². The van der Waals surface area contributed by atoms with E-state index < -0.39 is 23.6 Å². The van der Waals surface area contributed by atoms with Gasteiger partial charge in [-0.3, -0.25) is 4.79 Å². The lowest BCUT2D eigenvalue weighted by Gasteiger charge is -2.12. The van der Waals surface area contributed by atoms with E-state index in [1.54, 1.807) is 0 Å². The van der Waals surface area contributed by atoms with Gasteiger partial charge in [-0.25, -0.2) is 8.78 Å². The molecule has 0 saturated heterocycles. The molecule has 1 unspecified atom stereocenters. The standard InChI is InChI=1S/C19H15F2N3O/c1-24-11-12(14-4-2-3-5-18(14)24)8-19(25)23-17(10-22)15-7-6-13(20)9-16(15)21/h2-7,9,11,17H,8H2,1H3,(H,23,25). The summed E-state index contributed by atoms with van der Waals surface area (Å²) in [6.45, 7) is 0. The van der Waals surface area contributed by atoms with Crippen molar-refractivity contribution in [3.63, 3.8) is 0 Å². The second-order valence-corrected chi connectivity index (χ2v) is 5.75. The molecule has 0 spiro atoms. The first-order valence-corrected chi connectivity index (χ1v) is 7.66. The van der Waals surface area contributed by atoms with Crippen molar-refractivity contribution < 1.29 is 13.6 Å². The average Bonchev–Trinajstić information content (AvgIpc) is 2.89. The minimum atomic E-state index is -1.18. The number of nitrogens with zero attached hydrogens (tertiary/aromatic N) is 2. The van der Waals surface area contributed by atoms with E-state index in [-0.39, 0.29) is 12.0 Å². The monoisotopic (exact) mass is 339 g/mol. The fourth-order valence-electron chi connectivity index (χ4n) is 2.87. The number of aromatic nitrogens is 1. The number of carbonyl (C=O) groups excluding carboxylic acids is 1. The molecule has 0 saturated carbocycles.